The lowest BCUT2D eigenvalue weighted by Gasteiger charge is -2.07. The first-order valence-corrected chi connectivity index (χ1v) is 7.75. The van der Waals surface area contributed by atoms with E-state index in [1.54, 1.807) is 0 Å². The van der Waals surface area contributed by atoms with Crippen LogP contribution in [0.15, 0.2) is 0 Å². The van der Waals surface area contributed by atoms with Gasteiger partial charge in [-0.1, -0.05) is 19.8 Å². The van der Waals surface area contributed by atoms with E-state index in [0.717, 1.165) is 41.6 Å². The largest absolute Gasteiger partial charge is 0.312 e. The van der Waals surface area contributed by atoms with Gasteiger partial charge in [-0.2, -0.15) is 5.10 Å². The van der Waals surface area contributed by atoms with Gasteiger partial charge in [0.2, 0.25) is 0 Å². The van der Waals surface area contributed by atoms with E-state index in [-0.39, 0.29) is 0 Å². The third kappa shape index (κ3) is 2.38. The van der Waals surface area contributed by atoms with E-state index in [1.165, 1.54) is 25.7 Å². The van der Waals surface area contributed by atoms with E-state index < -0.39 is 0 Å². The fourth-order valence-corrected chi connectivity index (χ4v) is 3.01. The van der Waals surface area contributed by atoms with Crippen LogP contribution in [-0.4, -0.2) is 19.3 Å². The molecule has 0 radical (unpaired) electrons. The van der Waals surface area contributed by atoms with Crippen LogP contribution in [0.1, 0.15) is 44.1 Å². The Kier molecular flexibility index (Phi) is 3.52. The summed E-state index contributed by atoms with van der Waals surface area (Å²) in [4.78, 5) is 4.68. The second-order valence-corrected chi connectivity index (χ2v) is 5.76. The lowest BCUT2D eigenvalue weighted by atomic mass is 10.2. The summed E-state index contributed by atoms with van der Waals surface area (Å²) in [6.45, 7) is 3.13. The minimum atomic E-state index is 0.473. The lowest BCUT2D eigenvalue weighted by Crippen LogP contribution is -2.07. The number of fused-ring (bicyclic) bond motifs is 1. The molecule has 4 nitrogen and oxygen atoms in total. The van der Waals surface area contributed by atoms with Crippen molar-refractivity contribution in [1.29, 1.82) is 0 Å². The number of hydrogen-bond donors (Lipinski definition) is 0. The van der Waals surface area contributed by atoms with Gasteiger partial charge in [-0.05, 0) is 25.2 Å². The first kappa shape index (κ1) is 13.0. The van der Waals surface area contributed by atoms with Crippen LogP contribution in [0.2, 0.25) is 0 Å². The van der Waals surface area contributed by atoms with Crippen molar-refractivity contribution < 1.29 is 0 Å². The van der Waals surface area contributed by atoms with Crippen LogP contribution in [0.3, 0.4) is 0 Å². The maximum Gasteiger partial charge on any atom is 0.158 e. The minimum Gasteiger partial charge on any atom is -0.312 e. The molecule has 0 atom stereocenters. The summed E-state index contributed by atoms with van der Waals surface area (Å²) in [6.07, 6.45) is 6.31. The molecule has 2 heterocycles. The van der Waals surface area contributed by atoms with Crippen LogP contribution >= 0.6 is 11.6 Å². The Morgan fingerprint density at radius 2 is 2.16 bits per heavy atom. The molecule has 1 aliphatic rings. The maximum atomic E-state index is 6.05. The van der Waals surface area contributed by atoms with Gasteiger partial charge in [0.15, 0.2) is 5.65 Å². The number of rotatable bonds is 6. The Balaban J connectivity index is 1.92. The molecule has 0 bridgehead atoms. The van der Waals surface area contributed by atoms with Crippen molar-refractivity contribution in [2.24, 2.45) is 13.0 Å². The van der Waals surface area contributed by atoms with Gasteiger partial charge < -0.3 is 4.57 Å². The third-order valence-corrected chi connectivity index (χ3v) is 4.25. The summed E-state index contributed by atoms with van der Waals surface area (Å²) in [6, 6.07) is 0. The molecule has 0 spiro atoms. The summed E-state index contributed by atoms with van der Waals surface area (Å²) < 4.78 is 4.21. The number of aryl methyl sites for hydroxylation is 3. The van der Waals surface area contributed by atoms with Crippen molar-refractivity contribution in [2.75, 3.05) is 0 Å². The summed E-state index contributed by atoms with van der Waals surface area (Å²) in [5, 5.41) is 4.55. The van der Waals surface area contributed by atoms with Gasteiger partial charge in [0.25, 0.3) is 0 Å². The Bertz CT molecular complexity index is 580. The first-order chi connectivity index (χ1) is 9.24. The second-order valence-electron chi connectivity index (χ2n) is 5.49. The number of nitrogens with zero attached hydrogens (tertiary/aromatic N) is 4. The standard InChI is InChI=1S/C14H21ClN4/c1-3-11-13-14(18(2)17-11)19(12(9-15)16-13)8-4-5-10-6-7-10/h10H,3-9H2,1-2H3. The number of alkyl halides is 1. The van der Waals surface area contributed by atoms with Gasteiger partial charge >= 0.3 is 0 Å². The van der Waals surface area contributed by atoms with E-state index in [4.69, 9.17) is 11.6 Å². The van der Waals surface area contributed by atoms with Gasteiger partial charge in [0.05, 0.1) is 11.6 Å². The van der Waals surface area contributed by atoms with E-state index >= 15 is 0 Å². The van der Waals surface area contributed by atoms with Crippen molar-refractivity contribution >= 4 is 22.8 Å². The normalized spacial score (nSPS) is 15.5. The molecule has 1 aliphatic carbocycles. The molecule has 2 aromatic rings. The molecule has 19 heavy (non-hydrogen) atoms. The summed E-state index contributed by atoms with van der Waals surface area (Å²) in [5.74, 6) is 2.44. The Labute approximate surface area is 118 Å². The molecule has 3 rings (SSSR count). The van der Waals surface area contributed by atoms with Gasteiger partial charge in [-0.3, -0.25) is 4.68 Å². The molecule has 0 aliphatic heterocycles. The molecule has 2 aromatic heterocycles. The SMILES string of the molecule is CCc1nn(C)c2c1nc(CCl)n2CCCC1CC1. The average Bonchev–Trinajstić information content (AvgIpc) is 3.08. The van der Waals surface area contributed by atoms with E-state index in [9.17, 15) is 0 Å². The number of hydrogen-bond acceptors (Lipinski definition) is 2. The van der Waals surface area contributed by atoms with Crippen LogP contribution in [0.4, 0.5) is 0 Å². The van der Waals surface area contributed by atoms with Crippen molar-refractivity contribution in [3.8, 4) is 0 Å². The van der Waals surface area contributed by atoms with Crippen LogP contribution in [-0.2, 0) is 25.9 Å². The fraction of sp³-hybridized carbons (Fsp3) is 0.714. The average molecular weight is 281 g/mol. The van der Waals surface area contributed by atoms with Crippen molar-refractivity contribution in [2.45, 2.75) is 51.5 Å². The van der Waals surface area contributed by atoms with Gasteiger partial charge in [0, 0.05) is 13.6 Å². The number of halogens is 1. The maximum absolute atomic E-state index is 6.05. The molecule has 0 amide bonds. The molecule has 104 valence electrons. The zero-order chi connectivity index (χ0) is 13.4. The molecular weight excluding hydrogens is 260 g/mol. The zero-order valence-electron chi connectivity index (χ0n) is 11.7. The van der Waals surface area contributed by atoms with Crippen molar-refractivity contribution in [3.63, 3.8) is 0 Å². The van der Waals surface area contributed by atoms with Crippen molar-refractivity contribution in [1.82, 2.24) is 19.3 Å². The van der Waals surface area contributed by atoms with Gasteiger partial charge in [-0.25, -0.2) is 4.98 Å². The van der Waals surface area contributed by atoms with Crippen LogP contribution < -0.4 is 0 Å². The fourth-order valence-electron chi connectivity index (χ4n) is 2.81. The lowest BCUT2D eigenvalue weighted by molar-refractivity contribution is 0.564. The molecule has 0 saturated heterocycles. The smallest absolute Gasteiger partial charge is 0.158 e. The Morgan fingerprint density at radius 3 is 2.79 bits per heavy atom. The molecule has 1 saturated carbocycles. The quantitative estimate of drug-likeness (QED) is 0.762. The minimum absolute atomic E-state index is 0.473. The van der Waals surface area contributed by atoms with E-state index in [0.29, 0.717) is 5.88 Å². The van der Waals surface area contributed by atoms with E-state index in [1.807, 2.05) is 11.7 Å². The molecule has 5 heteroatoms. The molecule has 1 fully saturated rings. The van der Waals surface area contributed by atoms with Crippen LogP contribution in [0.25, 0.3) is 11.2 Å². The van der Waals surface area contributed by atoms with Gasteiger partial charge in [-0.15, -0.1) is 11.6 Å². The molecule has 0 aromatic carbocycles. The summed E-state index contributed by atoms with van der Waals surface area (Å²) in [5.41, 5.74) is 3.24. The van der Waals surface area contributed by atoms with Crippen LogP contribution in [0.5, 0.6) is 0 Å². The Morgan fingerprint density at radius 1 is 1.37 bits per heavy atom. The zero-order valence-corrected chi connectivity index (χ0v) is 12.4. The second kappa shape index (κ2) is 5.16. The highest BCUT2D eigenvalue weighted by atomic mass is 35.5. The Hall–Kier alpha value is -1.03. The highest BCUT2D eigenvalue weighted by Gasteiger charge is 2.22. The summed E-state index contributed by atoms with van der Waals surface area (Å²) in [7, 11) is 2.00. The predicted molar refractivity (Wildman–Crippen MR) is 77.4 cm³/mol. The van der Waals surface area contributed by atoms with Gasteiger partial charge in [0.1, 0.15) is 11.3 Å². The summed E-state index contributed by atoms with van der Waals surface area (Å²) >= 11 is 6.05. The van der Waals surface area contributed by atoms with Crippen LogP contribution in [0, 0.1) is 5.92 Å². The predicted octanol–water partition coefficient (Wildman–Crippen LogP) is 3.26. The monoisotopic (exact) mass is 280 g/mol. The third-order valence-electron chi connectivity index (χ3n) is 4.02. The molecule has 0 unspecified atom stereocenters. The molecular formula is C14H21ClN4. The molecule has 0 N–H and O–H groups in total. The first-order valence-electron chi connectivity index (χ1n) is 7.21. The number of aromatic nitrogens is 4. The topological polar surface area (TPSA) is 35.6 Å². The van der Waals surface area contributed by atoms with E-state index in [2.05, 4.69) is 21.6 Å². The highest BCUT2D eigenvalue weighted by Crippen LogP contribution is 2.34. The highest BCUT2D eigenvalue weighted by molar-refractivity contribution is 6.16. The number of imidazole rings is 1. The van der Waals surface area contributed by atoms with Crippen molar-refractivity contribution in [3.05, 3.63) is 11.5 Å².